The highest BCUT2D eigenvalue weighted by molar-refractivity contribution is 7.47. The summed E-state index contributed by atoms with van der Waals surface area (Å²) in [6, 6.07) is 0. The van der Waals surface area contributed by atoms with Crippen molar-refractivity contribution in [3.8, 4) is 0 Å². The number of anilines is 3. The van der Waals surface area contributed by atoms with E-state index in [4.69, 9.17) is 55.5 Å². The molecule has 0 spiro atoms. The Kier molecular flexibility index (Phi) is 13.9. The third-order valence-corrected chi connectivity index (χ3v) is 12.4. The van der Waals surface area contributed by atoms with Gasteiger partial charge in [-0.15, -0.1) is 0 Å². The lowest BCUT2D eigenvalue weighted by Gasteiger charge is -2.27. The van der Waals surface area contributed by atoms with Gasteiger partial charge in [-0.05, 0) is 0 Å². The number of aliphatic hydroxyl groups excluding tert-OH is 5. The minimum atomic E-state index is -4.72. The van der Waals surface area contributed by atoms with Crippen LogP contribution in [0.15, 0.2) is 38.0 Å². The number of imidazole rings is 3. The van der Waals surface area contributed by atoms with Crippen LogP contribution in [0.2, 0.25) is 0 Å². The molecule has 4 aliphatic heterocycles. The lowest BCUT2D eigenvalue weighted by molar-refractivity contribution is -0.0664. The Morgan fingerprint density at radius 1 is 0.588 bits per heavy atom. The highest BCUT2D eigenvalue weighted by Gasteiger charge is 2.53. The first-order valence-corrected chi connectivity index (χ1v) is 23.8. The van der Waals surface area contributed by atoms with E-state index < -0.39 is 110 Å². The van der Waals surface area contributed by atoms with E-state index in [1.165, 1.54) is 51.7 Å². The summed E-state index contributed by atoms with van der Waals surface area (Å²) in [6.45, 7) is -1.35. The van der Waals surface area contributed by atoms with Crippen LogP contribution < -0.4 is 17.2 Å². The fourth-order valence-electron chi connectivity index (χ4n) is 7.27. The monoisotopic (exact) mass is 1020 g/mol. The summed E-state index contributed by atoms with van der Waals surface area (Å²) in [5, 5.41) is 50.5. The third-order valence-electron chi connectivity index (χ3n) is 10.4. The number of nitrogens with two attached hydrogens (primary N) is 3. The van der Waals surface area contributed by atoms with E-state index in [1.807, 2.05) is 0 Å². The number of phosphoric acid groups is 3. The highest BCUT2D eigenvalue weighted by Crippen LogP contribution is 2.52. The molecule has 35 nitrogen and oxygen atoms in total. The average Bonchev–Trinajstić information content (AvgIpc) is 4.14. The van der Waals surface area contributed by atoms with Crippen molar-refractivity contribution in [1.29, 1.82) is 0 Å². The van der Waals surface area contributed by atoms with Gasteiger partial charge in [0.1, 0.15) is 90.5 Å². The third kappa shape index (κ3) is 10.2. The summed E-state index contributed by atoms with van der Waals surface area (Å²) in [7, 11) is -13.6. The van der Waals surface area contributed by atoms with Crippen LogP contribution in [-0.4, -0.2) is 183 Å². The molecule has 68 heavy (non-hydrogen) atoms. The Bertz CT molecular complexity index is 2790. The molecule has 4 aliphatic rings. The fourth-order valence-corrected chi connectivity index (χ4v) is 8.92. The Labute approximate surface area is 377 Å². The highest BCUT2D eigenvalue weighted by atomic mass is 31.2. The van der Waals surface area contributed by atoms with Crippen LogP contribution in [0.5, 0.6) is 0 Å². The molecule has 4 fully saturated rings. The summed E-state index contributed by atoms with van der Waals surface area (Å²) in [5.74, 6) is 0.486. The molecule has 0 saturated carbocycles. The molecule has 370 valence electrons. The molecule has 6 aromatic heterocycles. The molecule has 16 N–H and O–H groups in total. The molecular formula is C30H40N15O20P3. The molecule has 0 bridgehead atoms. The lowest BCUT2D eigenvalue weighted by Crippen LogP contribution is -2.39. The molecule has 10 rings (SSSR count). The van der Waals surface area contributed by atoms with Crippen LogP contribution >= 0.6 is 23.5 Å². The lowest BCUT2D eigenvalue weighted by atomic mass is 10.1. The first-order chi connectivity index (χ1) is 32.0. The number of nitrogen functional groups attached to an aromatic ring is 3. The molecule has 1 unspecified atom stereocenters. The van der Waals surface area contributed by atoms with Crippen molar-refractivity contribution >= 4 is 74.4 Å². The molecular weight excluding hydrogens is 983 g/mol. The van der Waals surface area contributed by atoms with Gasteiger partial charge in [-0.3, -0.25) is 31.8 Å². The summed E-state index contributed by atoms with van der Waals surface area (Å²) in [4.78, 5) is 79.7. The van der Waals surface area contributed by atoms with E-state index in [2.05, 4.69) is 58.4 Å². The molecule has 38 heteroatoms. The van der Waals surface area contributed by atoms with E-state index >= 15 is 0 Å². The SMILES string of the molecule is Nc1ncnc2c1ncn2[C@@H]1O[C@@H]2COP(=O)(O)O[C@H]2[C@H]1O.Nc1ncnc2c1ncn2[C@@H]1O[C@H](COP(=O)(O)O)[C@@H](O)[C@H]1O.Nc1ncnc2c1ncn2[C@@H]1O[C@H](COP(=O)(O)O)[C@@H](O)[C@H]1O. The van der Waals surface area contributed by atoms with Gasteiger partial charge in [0.2, 0.25) is 0 Å². The predicted molar refractivity (Wildman–Crippen MR) is 218 cm³/mol. The standard InChI is InChI=1S/2C10H14N5O7P.C10H12N5O6P/c2*11-8-5-9(13-2-12-8)15(3-14-5)10-7(17)6(16)4(22-10)1-21-23(18,19)20;11-8-5-9(13-2-12-8)15(3-14-5)10-6(16)7-4(20-10)1-19-22(17,18)21-7/h2*2-4,6-7,10,16-17H,1H2,(H2,11,12,13)(H2,18,19,20);2-4,6-7,10,16H,1H2,(H,17,18)(H2,11,12,13)/t3*4-,6-,7-,10-/m111/s1. The van der Waals surface area contributed by atoms with Gasteiger partial charge in [0.15, 0.2) is 53.1 Å². The van der Waals surface area contributed by atoms with Crippen LogP contribution in [-0.2, 0) is 46.0 Å². The van der Waals surface area contributed by atoms with E-state index in [0.717, 1.165) is 0 Å². The summed E-state index contributed by atoms with van der Waals surface area (Å²) >= 11 is 0. The van der Waals surface area contributed by atoms with Gasteiger partial charge in [-0.2, -0.15) is 0 Å². The topological polar surface area (TPSA) is 527 Å². The fraction of sp³-hybridized carbons (Fsp3) is 0.500. The van der Waals surface area contributed by atoms with Crippen molar-refractivity contribution in [2.24, 2.45) is 0 Å². The van der Waals surface area contributed by atoms with E-state index in [-0.39, 0.29) is 35.4 Å². The molecule has 0 amide bonds. The van der Waals surface area contributed by atoms with Crippen molar-refractivity contribution in [2.45, 2.75) is 73.6 Å². The van der Waals surface area contributed by atoms with Crippen LogP contribution in [0.25, 0.3) is 33.5 Å². The maximum atomic E-state index is 11.5. The molecule has 0 aromatic carbocycles. The number of ether oxygens (including phenoxy) is 3. The van der Waals surface area contributed by atoms with Crippen LogP contribution in [0.1, 0.15) is 18.7 Å². The Morgan fingerprint density at radius 3 is 1.32 bits per heavy atom. The number of rotatable bonds is 9. The number of phosphoric ester groups is 3. The van der Waals surface area contributed by atoms with Crippen molar-refractivity contribution in [3.63, 3.8) is 0 Å². The van der Waals surface area contributed by atoms with E-state index in [0.29, 0.717) is 22.2 Å². The van der Waals surface area contributed by atoms with Gasteiger partial charge in [-0.25, -0.2) is 58.6 Å². The molecule has 10 heterocycles. The zero-order valence-electron chi connectivity index (χ0n) is 34.0. The molecule has 0 radical (unpaired) electrons. The van der Waals surface area contributed by atoms with Crippen molar-refractivity contribution in [2.75, 3.05) is 37.0 Å². The smallest absolute Gasteiger partial charge is 0.387 e. The maximum Gasteiger partial charge on any atom is 0.472 e. The van der Waals surface area contributed by atoms with Crippen LogP contribution in [0.3, 0.4) is 0 Å². The minimum absolute atomic E-state index is 0.142. The van der Waals surface area contributed by atoms with Gasteiger partial charge in [0, 0.05) is 0 Å². The number of hydrogen-bond donors (Lipinski definition) is 13. The zero-order chi connectivity index (χ0) is 49.0. The number of nitrogens with zero attached hydrogens (tertiary/aromatic N) is 12. The average molecular weight is 1020 g/mol. The molecule has 4 saturated heterocycles. The van der Waals surface area contributed by atoms with E-state index in [1.54, 1.807) is 0 Å². The van der Waals surface area contributed by atoms with Crippen LogP contribution in [0, 0.1) is 0 Å². The summed E-state index contributed by atoms with van der Waals surface area (Å²) in [6.07, 6.45) is -6.05. The van der Waals surface area contributed by atoms with Gasteiger partial charge in [-0.1, -0.05) is 0 Å². The van der Waals surface area contributed by atoms with Crippen molar-refractivity contribution in [1.82, 2.24) is 58.6 Å². The zero-order valence-corrected chi connectivity index (χ0v) is 36.7. The summed E-state index contributed by atoms with van der Waals surface area (Å²) < 4.78 is 71.8. The van der Waals surface area contributed by atoms with E-state index in [9.17, 15) is 44.1 Å². The Balaban J connectivity index is 0.000000138. The van der Waals surface area contributed by atoms with Gasteiger partial charge in [0.05, 0.1) is 38.8 Å². The molecule has 6 aromatic rings. The first kappa shape index (κ1) is 49.5. The number of aromatic nitrogens is 12. The van der Waals surface area contributed by atoms with Gasteiger partial charge < -0.3 is 81.4 Å². The number of fused-ring (bicyclic) bond motifs is 4. The Hall–Kier alpha value is -4.94. The number of hydrogen-bond acceptors (Lipinski definition) is 27. The molecule has 13 atom stereocenters. The second kappa shape index (κ2) is 19.1. The largest absolute Gasteiger partial charge is 0.472 e. The van der Waals surface area contributed by atoms with Gasteiger partial charge in [0.25, 0.3) is 0 Å². The maximum absolute atomic E-state index is 11.5. The van der Waals surface area contributed by atoms with Crippen LogP contribution in [0.4, 0.5) is 17.5 Å². The second-order valence-corrected chi connectivity index (χ2v) is 18.7. The van der Waals surface area contributed by atoms with Gasteiger partial charge >= 0.3 is 23.5 Å². The molecule has 0 aliphatic carbocycles. The van der Waals surface area contributed by atoms with Crippen molar-refractivity contribution < 1.29 is 96.0 Å². The second-order valence-electron chi connectivity index (χ2n) is 14.8. The Morgan fingerprint density at radius 2 is 0.956 bits per heavy atom. The summed E-state index contributed by atoms with van der Waals surface area (Å²) in [5.41, 5.74) is 19.0. The minimum Gasteiger partial charge on any atom is -0.387 e. The normalized spacial score (nSPS) is 31.7. The first-order valence-electron chi connectivity index (χ1n) is 19.2. The quantitative estimate of drug-likeness (QED) is 0.0607. The predicted octanol–water partition coefficient (Wildman–Crippen LogP) is -4.54. The van der Waals surface area contributed by atoms with Crippen molar-refractivity contribution in [3.05, 3.63) is 38.0 Å². The number of aliphatic hydroxyl groups is 5.